The smallest absolute Gasteiger partial charge is 0.306 e. The average Bonchev–Trinajstić information content (AvgIpc) is 2.71. The van der Waals surface area contributed by atoms with Crippen LogP contribution < -0.4 is 11.1 Å². The summed E-state index contributed by atoms with van der Waals surface area (Å²) < 4.78 is 1.37. The highest BCUT2D eigenvalue weighted by Crippen LogP contribution is 2.07. The molecular formula is C10H17N5O3. The molecule has 100 valence electrons. The summed E-state index contributed by atoms with van der Waals surface area (Å²) in [4.78, 5) is 21.4. The summed E-state index contributed by atoms with van der Waals surface area (Å²) in [6.45, 7) is 4.30. The number of nitrogens with one attached hydrogen (secondary N) is 1. The van der Waals surface area contributed by atoms with Crippen molar-refractivity contribution in [3.8, 4) is 0 Å². The zero-order chi connectivity index (χ0) is 13.8. The van der Waals surface area contributed by atoms with Crippen molar-refractivity contribution in [3.05, 3.63) is 22.5 Å². The Morgan fingerprint density at radius 1 is 1.67 bits per heavy atom. The second-order valence-electron chi connectivity index (χ2n) is 4.73. The highest BCUT2D eigenvalue weighted by atomic mass is 16.6. The van der Waals surface area contributed by atoms with Crippen LogP contribution in [0.2, 0.25) is 0 Å². The lowest BCUT2D eigenvalue weighted by atomic mass is 10.1. The average molecular weight is 255 g/mol. The molecule has 0 aliphatic heterocycles. The summed E-state index contributed by atoms with van der Waals surface area (Å²) in [5, 5.41) is 16.9. The van der Waals surface area contributed by atoms with Gasteiger partial charge in [-0.05, 0) is 13.8 Å². The highest BCUT2D eigenvalue weighted by molar-refractivity contribution is 5.75. The fraction of sp³-hybridized carbons (Fsp3) is 0.600. The molecule has 0 bridgehead atoms. The van der Waals surface area contributed by atoms with E-state index in [4.69, 9.17) is 5.73 Å². The minimum atomic E-state index is -0.527. The van der Waals surface area contributed by atoms with Crippen LogP contribution in [-0.4, -0.2) is 32.7 Å². The third-order valence-electron chi connectivity index (χ3n) is 2.14. The molecule has 1 rings (SSSR count). The number of carbonyl (C=O) groups is 1. The van der Waals surface area contributed by atoms with Crippen LogP contribution in [0.1, 0.15) is 20.3 Å². The van der Waals surface area contributed by atoms with Crippen LogP contribution in [0.3, 0.4) is 0 Å². The van der Waals surface area contributed by atoms with Gasteiger partial charge < -0.3 is 11.1 Å². The summed E-state index contributed by atoms with van der Waals surface area (Å²) in [5.74, 6) is -0.160. The van der Waals surface area contributed by atoms with Crippen molar-refractivity contribution < 1.29 is 9.72 Å². The summed E-state index contributed by atoms with van der Waals surface area (Å²) in [7, 11) is 0. The Balaban J connectivity index is 2.36. The minimum Gasteiger partial charge on any atom is -0.354 e. The van der Waals surface area contributed by atoms with E-state index in [1.165, 1.54) is 10.9 Å². The number of nitro groups is 1. The predicted molar refractivity (Wildman–Crippen MR) is 64.8 cm³/mol. The van der Waals surface area contributed by atoms with Gasteiger partial charge in [0.2, 0.25) is 5.91 Å². The van der Waals surface area contributed by atoms with Crippen molar-refractivity contribution in [1.29, 1.82) is 0 Å². The summed E-state index contributed by atoms with van der Waals surface area (Å²) in [6.07, 6.45) is 2.65. The largest absolute Gasteiger partial charge is 0.354 e. The fourth-order valence-electron chi connectivity index (χ4n) is 1.20. The Bertz CT molecular complexity index is 435. The van der Waals surface area contributed by atoms with Crippen molar-refractivity contribution in [2.24, 2.45) is 5.73 Å². The molecule has 8 nitrogen and oxygen atoms in total. The lowest BCUT2D eigenvalue weighted by molar-refractivity contribution is -0.385. The third-order valence-corrected chi connectivity index (χ3v) is 2.14. The van der Waals surface area contributed by atoms with Crippen LogP contribution >= 0.6 is 0 Å². The number of carbonyl (C=O) groups excluding carboxylic acids is 1. The molecule has 0 atom stereocenters. The van der Waals surface area contributed by atoms with Gasteiger partial charge in [0.05, 0.1) is 4.92 Å². The lowest BCUT2D eigenvalue weighted by Crippen LogP contribution is -2.45. The van der Waals surface area contributed by atoms with E-state index in [-0.39, 0.29) is 18.0 Å². The maximum absolute atomic E-state index is 11.5. The van der Waals surface area contributed by atoms with Crippen molar-refractivity contribution in [2.75, 3.05) is 6.54 Å². The van der Waals surface area contributed by atoms with E-state index in [0.29, 0.717) is 13.1 Å². The van der Waals surface area contributed by atoms with E-state index in [0.717, 1.165) is 6.20 Å². The molecule has 1 aromatic rings. The van der Waals surface area contributed by atoms with Crippen molar-refractivity contribution in [3.63, 3.8) is 0 Å². The van der Waals surface area contributed by atoms with Crippen LogP contribution in [0, 0.1) is 10.1 Å². The molecular weight excluding hydrogens is 238 g/mol. The first kappa shape index (κ1) is 14.1. The topological polar surface area (TPSA) is 116 Å². The minimum absolute atomic E-state index is 0.0847. The number of rotatable bonds is 6. The first-order valence-electron chi connectivity index (χ1n) is 5.50. The van der Waals surface area contributed by atoms with Crippen LogP contribution in [0.15, 0.2) is 12.4 Å². The molecule has 0 saturated carbocycles. The number of amides is 1. The van der Waals surface area contributed by atoms with Crippen LogP contribution in [0.25, 0.3) is 0 Å². The Kier molecular flexibility index (Phi) is 4.38. The number of nitrogens with zero attached hydrogens (tertiary/aromatic N) is 3. The Morgan fingerprint density at radius 2 is 2.33 bits per heavy atom. The van der Waals surface area contributed by atoms with E-state index >= 15 is 0 Å². The van der Waals surface area contributed by atoms with Gasteiger partial charge in [-0.3, -0.25) is 19.6 Å². The van der Waals surface area contributed by atoms with E-state index in [1.807, 2.05) is 13.8 Å². The molecule has 1 amide bonds. The van der Waals surface area contributed by atoms with Gasteiger partial charge in [0.1, 0.15) is 12.4 Å². The van der Waals surface area contributed by atoms with Gasteiger partial charge in [-0.25, -0.2) is 0 Å². The SMILES string of the molecule is CC(C)(N)CNC(=O)CCn1cc([N+](=O)[O-])cn1. The van der Waals surface area contributed by atoms with Gasteiger partial charge in [-0.1, -0.05) is 0 Å². The normalized spacial score (nSPS) is 11.3. The second-order valence-corrected chi connectivity index (χ2v) is 4.73. The monoisotopic (exact) mass is 255 g/mol. The van der Waals surface area contributed by atoms with Gasteiger partial charge >= 0.3 is 5.69 Å². The molecule has 0 fully saturated rings. The number of aromatic nitrogens is 2. The molecule has 0 aliphatic rings. The molecule has 0 aromatic carbocycles. The van der Waals surface area contributed by atoms with E-state index in [9.17, 15) is 14.9 Å². The standard InChI is InChI=1S/C10H17N5O3/c1-10(2,11)7-12-9(16)3-4-14-6-8(5-13-14)15(17)18/h5-6H,3-4,7,11H2,1-2H3,(H,12,16). The number of hydrogen-bond donors (Lipinski definition) is 2. The molecule has 0 saturated heterocycles. The van der Waals surface area contributed by atoms with Gasteiger partial charge in [0, 0.05) is 25.0 Å². The van der Waals surface area contributed by atoms with Gasteiger partial charge in [-0.2, -0.15) is 5.10 Å². The number of hydrogen-bond acceptors (Lipinski definition) is 5. The van der Waals surface area contributed by atoms with Crippen molar-refractivity contribution >= 4 is 11.6 Å². The molecule has 0 spiro atoms. The molecule has 0 unspecified atom stereocenters. The maximum atomic E-state index is 11.5. The molecule has 8 heteroatoms. The third kappa shape index (κ3) is 4.91. The van der Waals surface area contributed by atoms with Gasteiger partial charge in [0.15, 0.2) is 0 Å². The Hall–Kier alpha value is -1.96. The van der Waals surface area contributed by atoms with Gasteiger partial charge in [-0.15, -0.1) is 0 Å². The maximum Gasteiger partial charge on any atom is 0.306 e. The summed E-state index contributed by atoms with van der Waals surface area (Å²) in [6, 6.07) is 0. The Labute approximate surface area is 104 Å². The summed E-state index contributed by atoms with van der Waals surface area (Å²) in [5.41, 5.74) is 5.18. The molecule has 18 heavy (non-hydrogen) atoms. The first-order chi connectivity index (χ1) is 8.28. The molecule has 1 heterocycles. The molecule has 1 aromatic heterocycles. The second kappa shape index (κ2) is 5.58. The summed E-state index contributed by atoms with van der Waals surface area (Å²) >= 11 is 0. The quantitative estimate of drug-likeness (QED) is 0.549. The number of aryl methyl sites for hydroxylation is 1. The van der Waals surface area contributed by atoms with Crippen LogP contribution in [-0.2, 0) is 11.3 Å². The van der Waals surface area contributed by atoms with Gasteiger partial charge in [0.25, 0.3) is 0 Å². The fourth-order valence-corrected chi connectivity index (χ4v) is 1.20. The predicted octanol–water partition coefficient (Wildman–Crippen LogP) is 0.0349. The van der Waals surface area contributed by atoms with Crippen LogP contribution in [0.5, 0.6) is 0 Å². The first-order valence-corrected chi connectivity index (χ1v) is 5.50. The van der Waals surface area contributed by atoms with E-state index in [1.54, 1.807) is 0 Å². The van der Waals surface area contributed by atoms with E-state index in [2.05, 4.69) is 10.4 Å². The molecule has 3 N–H and O–H groups in total. The zero-order valence-corrected chi connectivity index (χ0v) is 10.4. The molecule has 0 radical (unpaired) electrons. The van der Waals surface area contributed by atoms with Crippen LogP contribution in [0.4, 0.5) is 5.69 Å². The highest BCUT2D eigenvalue weighted by Gasteiger charge is 2.13. The lowest BCUT2D eigenvalue weighted by Gasteiger charge is -2.18. The zero-order valence-electron chi connectivity index (χ0n) is 10.4. The number of nitrogens with two attached hydrogens (primary N) is 1. The van der Waals surface area contributed by atoms with Crippen molar-refractivity contribution in [1.82, 2.24) is 15.1 Å². The van der Waals surface area contributed by atoms with Crippen molar-refractivity contribution in [2.45, 2.75) is 32.4 Å². The Morgan fingerprint density at radius 3 is 2.83 bits per heavy atom. The molecule has 0 aliphatic carbocycles. The van der Waals surface area contributed by atoms with E-state index < -0.39 is 10.5 Å².